The summed E-state index contributed by atoms with van der Waals surface area (Å²) in [6.45, 7) is 0.412. The highest BCUT2D eigenvalue weighted by Crippen LogP contribution is 2.20. The number of para-hydroxylation sites is 1. The zero-order valence-electron chi connectivity index (χ0n) is 15.6. The molecule has 0 saturated carbocycles. The Labute approximate surface area is 166 Å². The molecule has 1 aromatic carbocycles. The van der Waals surface area contributed by atoms with Gasteiger partial charge in [0.1, 0.15) is 11.9 Å². The molecule has 9 heteroatoms. The molecule has 1 fully saturated rings. The van der Waals surface area contributed by atoms with Crippen molar-refractivity contribution in [2.24, 2.45) is 0 Å². The number of aromatic nitrogens is 3. The second-order valence-electron chi connectivity index (χ2n) is 6.69. The van der Waals surface area contributed by atoms with Crippen LogP contribution in [-0.4, -0.2) is 45.0 Å². The maximum Gasteiger partial charge on any atom is 0.329 e. The molecule has 1 aliphatic rings. The third kappa shape index (κ3) is 3.93. The van der Waals surface area contributed by atoms with E-state index in [0.717, 1.165) is 16.4 Å². The van der Waals surface area contributed by atoms with Gasteiger partial charge in [0.25, 0.3) is 5.91 Å². The molecule has 4 amide bonds. The van der Waals surface area contributed by atoms with Crippen molar-refractivity contribution in [3.05, 3.63) is 60.6 Å². The number of anilines is 1. The fraction of sp³-hybridized carbons (Fsp3) is 0.250. The number of fused-ring (bicyclic) bond motifs is 1. The molecule has 3 heterocycles. The summed E-state index contributed by atoms with van der Waals surface area (Å²) in [5.74, 6) is 0.237. The molecule has 0 aliphatic carbocycles. The van der Waals surface area contributed by atoms with Crippen LogP contribution in [0, 0.1) is 0 Å². The van der Waals surface area contributed by atoms with Crippen molar-refractivity contribution in [1.29, 1.82) is 0 Å². The number of rotatable bonds is 7. The first-order valence-electron chi connectivity index (χ1n) is 9.38. The molecule has 1 saturated heterocycles. The van der Waals surface area contributed by atoms with Crippen LogP contribution in [0.2, 0.25) is 0 Å². The van der Waals surface area contributed by atoms with E-state index in [1.165, 1.54) is 0 Å². The summed E-state index contributed by atoms with van der Waals surface area (Å²) in [5, 5.41) is 13.7. The highest BCUT2D eigenvalue weighted by molar-refractivity contribution is 6.21. The van der Waals surface area contributed by atoms with Gasteiger partial charge in [-0.1, -0.05) is 24.3 Å². The lowest BCUT2D eigenvalue weighted by Gasteiger charge is -2.12. The Bertz CT molecular complexity index is 1050. The van der Waals surface area contributed by atoms with Crippen LogP contribution < -0.4 is 15.5 Å². The summed E-state index contributed by atoms with van der Waals surface area (Å²) >= 11 is 0. The zero-order valence-corrected chi connectivity index (χ0v) is 15.6. The smallest absolute Gasteiger partial charge is 0.329 e. The molecule has 2 N–H and O–H groups in total. The Balaban J connectivity index is 1.25. The van der Waals surface area contributed by atoms with Crippen LogP contribution in [0.5, 0.6) is 0 Å². The summed E-state index contributed by atoms with van der Waals surface area (Å²) in [4.78, 5) is 37.9. The van der Waals surface area contributed by atoms with Crippen LogP contribution in [-0.2, 0) is 16.0 Å². The Hall–Kier alpha value is -3.75. The first kappa shape index (κ1) is 18.6. The predicted molar refractivity (Wildman–Crippen MR) is 105 cm³/mol. The minimum Gasteiger partial charge on any atom is -0.356 e. The molecule has 0 bridgehead atoms. The monoisotopic (exact) mass is 392 g/mol. The van der Waals surface area contributed by atoms with Crippen LogP contribution in [0.15, 0.2) is 54.7 Å². The van der Waals surface area contributed by atoms with Crippen LogP contribution in [0.3, 0.4) is 0 Å². The van der Waals surface area contributed by atoms with Gasteiger partial charge in [-0.3, -0.25) is 14.0 Å². The van der Waals surface area contributed by atoms with E-state index in [4.69, 9.17) is 0 Å². The number of urea groups is 1. The molecule has 4 rings (SSSR count). The van der Waals surface area contributed by atoms with Crippen molar-refractivity contribution < 1.29 is 14.4 Å². The molecular weight excluding hydrogens is 372 g/mol. The number of pyridine rings is 1. The molecule has 0 unspecified atom stereocenters. The minimum absolute atomic E-state index is 0.139. The van der Waals surface area contributed by atoms with Gasteiger partial charge in [0.15, 0.2) is 5.65 Å². The van der Waals surface area contributed by atoms with Gasteiger partial charge in [-0.15, -0.1) is 10.2 Å². The molecule has 1 atom stereocenters. The summed E-state index contributed by atoms with van der Waals surface area (Å²) < 4.78 is 1.87. The predicted octanol–water partition coefficient (Wildman–Crippen LogP) is 1.29. The average Bonchev–Trinajstić information content (AvgIpc) is 3.27. The highest BCUT2D eigenvalue weighted by Gasteiger charge is 2.38. The lowest BCUT2D eigenvalue weighted by Crippen LogP contribution is -2.33. The van der Waals surface area contributed by atoms with Gasteiger partial charge in [-0.25, -0.2) is 9.69 Å². The second kappa shape index (κ2) is 8.09. The number of carbonyl (C=O) groups excluding carboxylic acids is 3. The lowest BCUT2D eigenvalue weighted by molar-refractivity contribution is -0.121. The van der Waals surface area contributed by atoms with E-state index < -0.39 is 12.1 Å². The standard InChI is InChI=1S/C20H20N6O3/c27-18(21-12-11-17-24-23-16-8-4-5-13-25(16)17)10-9-15-19(28)26(20(29)22-15)14-6-2-1-3-7-14/h1-8,13,15H,9-12H2,(H,21,27)(H,22,29)/t15-/m1/s1. The van der Waals surface area contributed by atoms with Crippen LogP contribution in [0.25, 0.3) is 5.65 Å². The summed E-state index contributed by atoms with van der Waals surface area (Å²) in [5.41, 5.74) is 1.27. The Kier molecular flexibility index (Phi) is 5.19. The van der Waals surface area contributed by atoms with Gasteiger partial charge < -0.3 is 10.6 Å². The topological polar surface area (TPSA) is 109 Å². The SMILES string of the molecule is O=C(CC[C@H]1NC(=O)N(c2ccccc2)C1=O)NCCc1nnc2ccccn12. The number of hydrogen-bond donors (Lipinski definition) is 2. The average molecular weight is 392 g/mol. The molecule has 2 aromatic heterocycles. The third-order valence-corrected chi connectivity index (χ3v) is 4.75. The van der Waals surface area contributed by atoms with Gasteiger partial charge >= 0.3 is 6.03 Å². The van der Waals surface area contributed by atoms with E-state index in [2.05, 4.69) is 20.8 Å². The Morgan fingerprint density at radius 3 is 2.69 bits per heavy atom. The van der Waals surface area contributed by atoms with Crippen LogP contribution in [0.4, 0.5) is 10.5 Å². The molecule has 9 nitrogen and oxygen atoms in total. The maximum atomic E-state index is 12.5. The van der Waals surface area contributed by atoms with E-state index in [9.17, 15) is 14.4 Å². The number of imide groups is 1. The molecule has 1 aliphatic heterocycles. The molecule has 0 radical (unpaired) electrons. The first-order valence-corrected chi connectivity index (χ1v) is 9.38. The van der Waals surface area contributed by atoms with Gasteiger partial charge in [-0.05, 0) is 30.7 Å². The van der Waals surface area contributed by atoms with Crippen molar-refractivity contribution in [2.45, 2.75) is 25.3 Å². The number of carbonyl (C=O) groups is 3. The minimum atomic E-state index is -0.700. The lowest BCUT2D eigenvalue weighted by atomic mass is 10.1. The summed E-state index contributed by atoms with van der Waals surface area (Å²) in [6, 6.07) is 13.2. The zero-order chi connectivity index (χ0) is 20.2. The fourth-order valence-corrected chi connectivity index (χ4v) is 3.29. The Morgan fingerprint density at radius 1 is 1.07 bits per heavy atom. The molecule has 29 heavy (non-hydrogen) atoms. The number of hydrogen-bond acceptors (Lipinski definition) is 5. The first-order chi connectivity index (χ1) is 14.1. The van der Waals surface area contributed by atoms with Gasteiger partial charge in [0.05, 0.1) is 5.69 Å². The van der Waals surface area contributed by atoms with Gasteiger partial charge in [-0.2, -0.15) is 0 Å². The highest BCUT2D eigenvalue weighted by atomic mass is 16.2. The summed E-state index contributed by atoms with van der Waals surface area (Å²) in [6.07, 6.45) is 2.80. The quantitative estimate of drug-likeness (QED) is 0.589. The molecule has 148 valence electrons. The van der Waals surface area contributed by atoms with E-state index in [-0.39, 0.29) is 24.7 Å². The number of nitrogens with zero attached hydrogens (tertiary/aromatic N) is 4. The fourth-order valence-electron chi connectivity index (χ4n) is 3.29. The van der Waals surface area contributed by atoms with Gasteiger partial charge in [0, 0.05) is 25.6 Å². The van der Waals surface area contributed by atoms with E-state index in [1.54, 1.807) is 24.3 Å². The van der Waals surface area contributed by atoms with Crippen molar-refractivity contribution in [3.63, 3.8) is 0 Å². The van der Waals surface area contributed by atoms with Crippen molar-refractivity contribution in [3.8, 4) is 0 Å². The van der Waals surface area contributed by atoms with Crippen molar-refractivity contribution >= 4 is 29.2 Å². The molecular formula is C20H20N6O3. The van der Waals surface area contributed by atoms with Crippen molar-refractivity contribution in [1.82, 2.24) is 25.2 Å². The molecule has 3 aromatic rings. The van der Waals surface area contributed by atoms with Crippen LogP contribution >= 0.6 is 0 Å². The number of nitrogens with one attached hydrogen (secondary N) is 2. The summed E-state index contributed by atoms with van der Waals surface area (Å²) in [7, 11) is 0. The normalized spacial score (nSPS) is 16.3. The molecule has 0 spiro atoms. The third-order valence-electron chi connectivity index (χ3n) is 4.75. The second-order valence-corrected chi connectivity index (χ2v) is 6.69. The number of amides is 4. The number of benzene rings is 1. The van der Waals surface area contributed by atoms with Crippen molar-refractivity contribution in [2.75, 3.05) is 11.4 Å². The van der Waals surface area contributed by atoms with E-state index in [0.29, 0.717) is 18.7 Å². The van der Waals surface area contributed by atoms with Gasteiger partial charge in [0.2, 0.25) is 5.91 Å². The van der Waals surface area contributed by atoms with E-state index in [1.807, 2.05) is 34.9 Å². The van der Waals surface area contributed by atoms with E-state index >= 15 is 0 Å². The Morgan fingerprint density at radius 2 is 1.86 bits per heavy atom. The maximum absolute atomic E-state index is 12.5. The van der Waals surface area contributed by atoms with Crippen LogP contribution in [0.1, 0.15) is 18.7 Å². The largest absolute Gasteiger partial charge is 0.356 e.